The lowest BCUT2D eigenvalue weighted by molar-refractivity contribution is -0.203. The number of rotatable bonds is 5. The molecule has 0 amide bonds. The Labute approximate surface area is 161 Å². The summed E-state index contributed by atoms with van der Waals surface area (Å²) in [6.07, 6.45) is -4.92. The number of carbonyl (C=O) groups excluding carboxylic acids is 1. The average molecular weight is 424 g/mol. The van der Waals surface area contributed by atoms with Gasteiger partial charge in [0.1, 0.15) is 11.5 Å². The molecular weight excluding hydrogens is 410 g/mol. The standard InChI is InChI=1S/C15H14ClF4N5O3/c1-25(2)6-5-11-12(23-28-22-11)13(24-27-14(26)15(18,19)20)21-8-3-4-10(17)9(16)7-8/h3-4,7H,5-6H2,1-2H3,(H,21,24). The van der Waals surface area contributed by atoms with Crippen LogP contribution in [-0.4, -0.2) is 53.8 Å². The molecule has 0 atom stereocenters. The Morgan fingerprint density at radius 2 is 2.07 bits per heavy atom. The van der Waals surface area contributed by atoms with Gasteiger partial charge in [0.2, 0.25) is 0 Å². The molecule has 0 radical (unpaired) electrons. The second kappa shape index (κ2) is 8.97. The van der Waals surface area contributed by atoms with Crippen molar-refractivity contribution in [3.63, 3.8) is 0 Å². The third-order valence-electron chi connectivity index (χ3n) is 3.19. The van der Waals surface area contributed by atoms with Crippen molar-refractivity contribution >= 4 is 29.1 Å². The highest BCUT2D eigenvalue weighted by molar-refractivity contribution is 6.31. The number of aliphatic imine (C=N–C) groups is 1. The van der Waals surface area contributed by atoms with Crippen molar-refractivity contribution in [2.24, 2.45) is 4.99 Å². The van der Waals surface area contributed by atoms with Crippen LogP contribution in [0.15, 0.2) is 27.8 Å². The van der Waals surface area contributed by atoms with Crippen LogP contribution in [0.5, 0.6) is 0 Å². The molecule has 0 unspecified atom stereocenters. The Hall–Kier alpha value is -2.73. The van der Waals surface area contributed by atoms with Crippen LogP contribution in [0.25, 0.3) is 0 Å². The molecular formula is C15H14ClF4N5O3. The largest absolute Gasteiger partial charge is 0.493 e. The van der Waals surface area contributed by atoms with Gasteiger partial charge in [-0.3, -0.25) is 0 Å². The van der Waals surface area contributed by atoms with E-state index < -0.39 is 23.8 Å². The van der Waals surface area contributed by atoms with E-state index in [9.17, 15) is 22.4 Å². The van der Waals surface area contributed by atoms with Crippen LogP contribution in [0.1, 0.15) is 11.4 Å². The number of nitrogens with zero attached hydrogens (tertiary/aromatic N) is 4. The maximum absolute atomic E-state index is 13.3. The Bertz CT molecular complexity index is 870. The van der Waals surface area contributed by atoms with Crippen LogP contribution in [-0.2, 0) is 16.1 Å². The van der Waals surface area contributed by atoms with Gasteiger partial charge < -0.3 is 9.74 Å². The van der Waals surface area contributed by atoms with Crippen molar-refractivity contribution in [1.29, 1.82) is 0 Å². The molecule has 0 aliphatic rings. The van der Waals surface area contributed by atoms with E-state index in [1.165, 1.54) is 6.07 Å². The molecule has 1 aromatic heterocycles. The maximum atomic E-state index is 13.3. The number of hydrogen-bond donors (Lipinski definition) is 1. The molecule has 1 heterocycles. The van der Waals surface area contributed by atoms with Gasteiger partial charge in [-0.25, -0.2) is 18.8 Å². The number of hydroxylamine groups is 1. The molecule has 0 spiro atoms. The average Bonchev–Trinajstić information content (AvgIpc) is 3.07. The summed E-state index contributed by atoms with van der Waals surface area (Å²) in [4.78, 5) is 20.8. The summed E-state index contributed by atoms with van der Waals surface area (Å²) < 4.78 is 55.1. The number of carbonyl (C=O) groups is 1. The molecule has 0 saturated carbocycles. The molecule has 13 heteroatoms. The molecule has 2 rings (SSSR count). The topological polar surface area (TPSA) is 92.8 Å². The van der Waals surface area contributed by atoms with Gasteiger partial charge in [0.05, 0.1) is 10.7 Å². The smallest absolute Gasteiger partial charge is 0.333 e. The molecule has 0 saturated heterocycles. The maximum Gasteiger partial charge on any atom is 0.493 e. The fourth-order valence-corrected chi connectivity index (χ4v) is 2.02. The van der Waals surface area contributed by atoms with Gasteiger partial charge in [-0.1, -0.05) is 16.8 Å². The summed E-state index contributed by atoms with van der Waals surface area (Å²) in [7, 11) is 3.60. The van der Waals surface area contributed by atoms with E-state index in [4.69, 9.17) is 11.6 Å². The lowest BCUT2D eigenvalue weighted by Gasteiger charge is -2.11. The zero-order chi connectivity index (χ0) is 20.9. The van der Waals surface area contributed by atoms with Gasteiger partial charge >= 0.3 is 12.1 Å². The summed E-state index contributed by atoms with van der Waals surface area (Å²) in [6.45, 7) is 0.513. The zero-order valence-corrected chi connectivity index (χ0v) is 15.3. The predicted octanol–water partition coefficient (Wildman–Crippen LogP) is 2.65. The van der Waals surface area contributed by atoms with Gasteiger partial charge in [-0.2, -0.15) is 18.7 Å². The zero-order valence-electron chi connectivity index (χ0n) is 14.5. The number of nitrogens with one attached hydrogen (secondary N) is 1. The van der Waals surface area contributed by atoms with Gasteiger partial charge in [0.15, 0.2) is 11.5 Å². The SMILES string of the molecule is CN(C)CCc1nonc1C(=Nc1ccc(F)c(Cl)c1)NOC(=O)C(F)(F)F. The number of amidine groups is 1. The normalized spacial score (nSPS) is 12.4. The van der Waals surface area contributed by atoms with Gasteiger partial charge in [0.25, 0.3) is 0 Å². The number of likely N-dealkylation sites (N-methyl/N-ethyl adjacent to an activating group) is 1. The molecule has 2 aromatic rings. The molecule has 8 nitrogen and oxygen atoms in total. The molecule has 0 bridgehead atoms. The van der Waals surface area contributed by atoms with Gasteiger partial charge in [-0.05, 0) is 37.5 Å². The van der Waals surface area contributed by atoms with E-state index in [-0.39, 0.29) is 22.1 Å². The van der Waals surface area contributed by atoms with E-state index >= 15 is 0 Å². The number of halogens is 5. The minimum atomic E-state index is -5.23. The fraction of sp³-hybridized carbons (Fsp3) is 0.333. The van der Waals surface area contributed by atoms with Crippen molar-refractivity contribution in [1.82, 2.24) is 20.7 Å². The first-order valence-corrected chi connectivity index (χ1v) is 8.00. The Morgan fingerprint density at radius 1 is 1.36 bits per heavy atom. The van der Waals surface area contributed by atoms with Crippen molar-refractivity contribution in [2.75, 3.05) is 20.6 Å². The molecule has 1 N–H and O–H groups in total. The summed E-state index contributed by atoms with van der Waals surface area (Å²) in [5.74, 6) is -3.62. The number of alkyl halides is 3. The summed E-state index contributed by atoms with van der Waals surface area (Å²) in [5, 5.41) is 7.00. The van der Waals surface area contributed by atoms with E-state index in [0.717, 1.165) is 12.1 Å². The van der Waals surface area contributed by atoms with E-state index in [0.29, 0.717) is 13.0 Å². The van der Waals surface area contributed by atoms with Crippen LogP contribution in [0.4, 0.5) is 23.2 Å². The van der Waals surface area contributed by atoms with E-state index in [1.807, 2.05) is 4.90 Å². The highest BCUT2D eigenvalue weighted by Gasteiger charge is 2.42. The highest BCUT2D eigenvalue weighted by atomic mass is 35.5. The first-order chi connectivity index (χ1) is 13.1. The van der Waals surface area contributed by atoms with Crippen molar-refractivity contribution in [3.05, 3.63) is 40.4 Å². The second-order valence-electron chi connectivity index (χ2n) is 5.66. The first-order valence-electron chi connectivity index (χ1n) is 7.62. The molecule has 0 aliphatic carbocycles. The lowest BCUT2D eigenvalue weighted by Crippen LogP contribution is -2.35. The third kappa shape index (κ3) is 5.89. The minimum Gasteiger partial charge on any atom is -0.333 e. The Balaban J connectivity index is 2.36. The first kappa shape index (κ1) is 21.6. The quantitative estimate of drug-likeness (QED) is 0.342. The van der Waals surface area contributed by atoms with Gasteiger partial charge in [0, 0.05) is 13.0 Å². The second-order valence-corrected chi connectivity index (χ2v) is 6.07. The molecule has 0 aliphatic heterocycles. The minimum absolute atomic E-state index is 0.0542. The summed E-state index contributed by atoms with van der Waals surface area (Å²) in [5.41, 5.74) is 2.02. The van der Waals surface area contributed by atoms with Crippen LogP contribution >= 0.6 is 11.6 Å². The van der Waals surface area contributed by atoms with Gasteiger partial charge in [-0.15, -0.1) is 0 Å². The summed E-state index contributed by atoms with van der Waals surface area (Å²) in [6, 6.07) is 3.34. The van der Waals surface area contributed by atoms with Crippen molar-refractivity contribution in [2.45, 2.75) is 12.6 Å². The summed E-state index contributed by atoms with van der Waals surface area (Å²) >= 11 is 5.67. The van der Waals surface area contributed by atoms with Crippen LogP contribution in [0.3, 0.4) is 0 Å². The van der Waals surface area contributed by atoms with Crippen LogP contribution in [0, 0.1) is 5.82 Å². The van der Waals surface area contributed by atoms with Crippen molar-refractivity contribution in [3.8, 4) is 0 Å². The third-order valence-corrected chi connectivity index (χ3v) is 3.48. The molecule has 152 valence electrons. The molecule has 28 heavy (non-hydrogen) atoms. The Kier molecular flexibility index (Phi) is 6.91. The van der Waals surface area contributed by atoms with Crippen LogP contribution < -0.4 is 5.48 Å². The van der Waals surface area contributed by atoms with Crippen LogP contribution in [0.2, 0.25) is 5.02 Å². The van der Waals surface area contributed by atoms with E-state index in [2.05, 4.69) is 24.8 Å². The molecule has 0 fully saturated rings. The monoisotopic (exact) mass is 423 g/mol. The number of benzene rings is 1. The molecule has 1 aromatic carbocycles. The predicted molar refractivity (Wildman–Crippen MR) is 89.4 cm³/mol. The van der Waals surface area contributed by atoms with E-state index in [1.54, 1.807) is 19.6 Å². The number of hydrogen-bond acceptors (Lipinski definition) is 7. The fourth-order valence-electron chi connectivity index (χ4n) is 1.84. The van der Waals surface area contributed by atoms with Crippen molar-refractivity contribution < 1.29 is 31.8 Å². The lowest BCUT2D eigenvalue weighted by atomic mass is 10.2. The number of aromatic nitrogens is 2. The Morgan fingerprint density at radius 3 is 2.68 bits per heavy atom. The highest BCUT2D eigenvalue weighted by Crippen LogP contribution is 2.23.